The molecule has 0 bridgehead atoms. The van der Waals surface area contributed by atoms with Crippen LogP contribution >= 0.6 is 0 Å². The van der Waals surface area contributed by atoms with Crippen molar-refractivity contribution >= 4 is 11.6 Å². The molecule has 4 heteroatoms. The fraction of sp³-hybridized carbons (Fsp3) is 0.588. The van der Waals surface area contributed by atoms with Gasteiger partial charge >= 0.3 is 0 Å². The zero-order valence-corrected chi connectivity index (χ0v) is 13.1. The van der Waals surface area contributed by atoms with E-state index in [0.29, 0.717) is 18.4 Å². The number of hydrogen-bond donors (Lipinski definition) is 2. The fourth-order valence-corrected chi connectivity index (χ4v) is 2.86. The highest BCUT2D eigenvalue weighted by molar-refractivity contribution is 5.90. The van der Waals surface area contributed by atoms with E-state index in [1.165, 1.54) is 0 Å². The van der Waals surface area contributed by atoms with E-state index >= 15 is 0 Å². The molecule has 0 spiro atoms. The molecule has 1 aliphatic heterocycles. The second kappa shape index (κ2) is 7.57. The molecule has 21 heavy (non-hydrogen) atoms. The predicted molar refractivity (Wildman–Crippen MR) is 87.2 cm³/mol. The Morgan fingerprint density at radius 2 is 2.29 bits per heavy atom. The van der Waals surface area contributed by atoms with Crippen LogP contribution in [-0.4, -0.2) is 36.5 Å². The highest BCUT2D eigenvalue weighted by atomic mass is 16.1. The number of anilines is 1. The Bertz CT molecular complexity index is 475. The minimum atomic E-state index is 0.0994. The molecule has 1 amide bonds. The Kier molecular flexibility index (Phi) is 5.76. The van der Waals surface area contributed by atoms with Gasteiger partial charge < -0.3 is 16.0 Å². The average molecular weight is 289 g/mol. The predicted octanol–water partition coefficient (Wildman–Crippen LogP) is 2.38. The second-order valence-electron chi connectivity index (χ2n) is 6.25. The molecule has 2 rings (SSSR count). The standard InChI is InChI=1S/C17H27N3O/c1-13-5-3-6-15(11-13)19-17(21)7-4-9-20-10-8-16(18)14(2)12-20/h3,5-6,11,14,16H,4,7-10,12,18H2,1-2H3,(H,19,21). The van der Waals surface area contributed by atoms with Gasteiger partial charge in [0.05, 0.1) is 0 Å². The van der Waals surface area contributed by atoms with Gasteiger partial charge in [-0.25, -0.2) is 0 Å². The molecule has 1 fully saturated rings. The molecule has 1 heterocycles. The molecule has 4 nitrogen and oxygen atoms in total. The van der Waals surface area contributed by atoms with Crippen molar-refractivity contribution < 1.29 is 4.79 Å². The van der Waals surface area contributed by atoms with E-state index < -0.39 is 0 Å². The van der Waals surface area contributed by atoms with Crippen LogP contribution in [-0.2, 0) is 4.79 Å². The average Bonchev–Trinajstić information content (AvgIpc) is 2.43. The summed E-state index contributed by atoms with van der Waals surface area (Å²) in [6.45, 7) is 7.34. The van der Waals surface area contributed by atoms with Gasteiger partial charge in [-0.05, 0) is 56.5 Å². The molecular weight excluding hydrogens is 262 g/mol. The van der Waals surface area contributed by atoms with E-state index in [0.717, 1.165) is 43.7 Å². The third-order valence-electron chi connectivity index (χ3n) is 4.24. The summed E-state index contributed by atoms with van der Waals surface area (Å²) in [6.07, 6.45) is 2.54. The Morgan fingerprint density at radius 1 is 1.48 bits per heavy atom. The van der Waals surface area contributed by atoms with Gasteiger partial charge in [0.25, 0.3) is 0 Å². The first-order chi connectivity index (χ1) is 10.0. The lowest BCUT2D eigenvalue weighted by atomic mass is 9.95. The monoisotopic (exact) mass is 289 g/mol. The summed E-state index contributed by atoms with van der Waals surface area (Å²) in [6, 6.07) is 8.25. The van der Waals surface area contributed by atoms with Crippen molar-refractivity contribution in [2.75, 3.05) is 25.0 Å². The molecule has 1 saturated heterocycles. The Balaban J connectivity index is 1.68. The van der Waals surface area contributed by atoms with Gasteiger partial charge in [-0.2, -0.15) is 0 Å². The topological polar surface area (TPSA) is 58.4 Å². The third kappa shape index (κ3) is 5.14. The van der Waals surface area contributed by atoms with Crippen LogP contribution in [0.25, 0.3) is 0 Å². The summed E-state index contributed by atoms with van der Waals surface area (Å²) in [5.41, 5.74) is 8.07. The van der Waals surface area contributed by atoms with Crippen molar-refractivity contribution in [3.63, 3.8) is 0 Å². The minimum Gasteiger partial charge on any atom is -0.327 e. The lowest BCUT2D eigenvalue weighted by Crippen LogP contribution is -2.46. The SMILES string of the molecule is Cc1cccc(NC(=O)CCCN2CCC(N)C(C)C2)c1. The van der Waals surface area contributed by atoms with Crippen molar-refractivity contribution in [2.45, 2.75) is 39.2 Å². The maximum Gasteiger partial charge on any atom is 0.224 e. The number of likely N-dealkylation sites (tertiary alicyclic amines) is 1. The number of hydrogen-bond acceptors (Lipinski definition) is 3. The number of piperidine rings is 1. The smallest absolute Gasteiger partial charge is 0.224 e. The van der Waals surface area contributed by atoms with Gasteiger partial charge in [0.2, 0.25) is 5.91 Å². The van der Waals surface area contributed by atoms with Crippen LogP contribution in [0.1, 0.15) is 31.7 Å². The van der Waals surface area contributed by atoms with Gasteiger partial charge in [-0.3, -0.25) is 4.79 Å². The van der Waals surface area contributed by atoms with Crippen LogP contribution < -0.4 is 11.1 Å². The van der Waals surface area contributed by atoms with Crippen molar-refractivity contribution in [1.29, 1.82) is 0 Å². The summed E-state index contributed by atoms with van der Waals surface area (Å²) in [7, 11) is 0. The van der Waals surface area contributed by atoms with Crippen LogP contribution in [0.2, 0.25) is 0 Å². The van der Waals surface area contributed by atoms with Gasteiger partial charge in [0.15, 0.2) is 0 Å². The van der Waals surface area contributed by atoms with Crippen molar-refractivity contribution in [3.8, 4) is 0 Å². The lowest BCUT2D eigenvalue weighted by Gasteiger charge is -2.35. The van der Waals surface area contributed by atoms with Gasteiger partial charge in [0.1, 0.15) is 0 Å². The van der Waals surface area contributed by atoms with Crippen molar-refractivity contribution in [3.05, 3.63) is 29.8 Å². The van der Waals surface area contributed by atoms with Crippen LogP contribution in [0.5, 0.6) is 0 Å². The Morgan fingerprint density at radius 3 is 3.00 bits per heavy atom. The van der Waals surface area contributed by atoms with E-state index in [1.54, 1.807) is 0 Å². The summed E-state index contributed by atoms with van der Waals surface area (Å²) in [4.78, 5) is 14.4. The minimum absolute atomic E-state index is 0.0994. The lowest BCUT2D eigenvalue weighted by molar-refractivity contribution is -0.116. The normalized spacial score (nSPS) is 23.0. The summed E-state index contributed by atoms with van der Waals surface area (Å²) in [5, 5.41) is 2.96. The number of nitrogens with two attached hydrogens (primary N) is 1. The number of rotatable bonds is 5. The molecule has 2 atom stereocenters. The number of nitrogens with one attached hydrogen (secondary N) is 1. The maximum atomic E-state index is 11.9. The number of carbonyl (C=O) groups is 1. The largest absolute Gasteiger partial charge is 0.327 e. The summed E-state index contributed by atoms with van der Waals surface area (Å²) in [5.74, 6) is 0.655. The fourth-order valence-electron chi connectivity index (χ4n) is 2.86. The zero-order valence-electron chi connectivity index (χ0n) is 13.1. The molecule has 1 aliphatic rings. The molecule has 1 aromatic rings. The first kappa shape index (κ1) is 16.0. The van der Waals surface area contributed by atoms with Crippen LogP contribution in [0.4, 0.5) is 5.69 Å². The molecular formula is C17H27N3O. The maximum absolute atomic E-state index is 11.9. The molecule has 0 aliphatic carbocycles. The van der Waals surface area contributed by atoms with Crippen LogP contribution in [0, 0.1) is 12.8 Å². The number of benzene rings is 1. The van der Waals surface area contributed by atoms with E-state index in [4.69, 9.17) is 5.73 Å². The van der Waals surface area contributed by atoms with E-state index in [9.17, 15) is 4.79 Å². The summed E-state index contributed by atoms with van der Waals surface area (Å²) >= 11 is 0. The van der Waals surface area contributed by atoms with E-state index in [1.807, 2.05) is 31.2 Å². The zero-order chi connectivity index (χ0) is 15.2. The molecule has 0 radical (unpaired) electrons. The Hall–Kier alpha value is -1.39. The first-order valence-corrected chi connectivity index (χ1v) is 7.89. The highest BCUT2D eigenvalue weighted by Gasteiger charge is 2.22. The second-order valence-corrected chi connectivity index (χ2v) is 6.25. The molecule has 1 aromatic carbocycles. The van der Waals surface area contributed by atoms with Gasteiger partial charge in [-0.15, -0.1) is 0 Å². The third-order valence-corrected chi connectivity index (χ3v) is 4.24. The first-order valence-electron chi connectivity index (χ1n) is 7.89. The Labute approximate surface area is 127 Å². The number of amides is 1. The number of aryl methyl sites for hydroxylation is 1. The molecule has 3 N–H and O–H groups in total. The number of nitrogens with zero attached hydrogens (tertiary/aromatic N) is 1. The summed E-state index contributed by atoms with van der Waals surface area (Å²) < 4.78 is 0. The molecule has 0 saturated carbocycles. The molecule has 116 valence electrons. The molecule has 0 aromatic heterocycles. The van der Waals surface area contributed by atoms with Crippen LogP contribution in [0.15, 0.2) is 24.3 Å². The quantitative estimate of drug-likeness (QED) is 0.875. The van der Waals surface area contributed by atoms with E-state index in [-0.39, 0.29) is 5.91 Å². The highest BCUT2D eigenvalue weighted by Crippen LogP contribution is 2.15. The van der Waals surface area contributed by atoms with E-state index in [2.05, 4.69) is 17.1 Å². The van der Waals surface area contributed by atoms with Gasteiger partial charge in [0, 0.05) is 24.7 Å². The van der Waals surface area contributed by atoms with Crippen LogP contribution in [0.3, 0.4) is 0 Å². The number of carbonyl (C=O) groups excluding carboxylic acids is 1. The van der Waals surface area contributed by atoms with Crippen molar-refractivity contribution in [1.82, 2.24) is 4.90 Å². The van der Waals surface area contributed by atoms with Gasteiger partial charge in [-0.1, -0.05) is 19.1 Å². The molecule has 2 unspecified atom stereocenters. The van der Waals surface area contributed by atoms with Crippen molar-refractivity contribution in [2.24, 2.45) is 11.7 Å².